The highest BCUT2D eigenvalue weighted by atomic mass is 35.5. The molecule has 1 atom stereocenters. The largest absolute Gasteiger partial charge is 0.397 e. The number of alkyl halides is 1. The van der Waals surface area contributed by atoms with Crippen LogP contribution in [0.2, 0.25) is 44.3 Å². The fourth-order valence-corrected chi connectivity index (χ4v) is 8.31. The average molecular weight is 401 g/mol. The molecule has 0 radical (unpaired) electrons. The van der Waals surface area contributed by atoms with Gasteiger partial charge in [0, 0.05) is 6.61 Å². The van der Waals surface area contributed by atoms with Crippen LogP contribution in [0, 0.1) is 0 Å². The van der Waals surface area contributed by atoms with Crippen molar-refractivity contribution in [2.75, 3.05) is 19.1 Å². The van der Waals surface area contributed by atoms with E-state index in [0.717, 1.165) is 24.6 Å². The van der Waals surface area contributed by atoms with Crippen LogP contribution in [-0.2, 0) is 13.6 Å². The highest BCUT2D eigenvalue weighted by Gasteiger charge is 2.30. The van der Waals surface area contributed by atoms with Crippen molar-refractivity contribution in [2.45, 2.75) is 76.6 Å². The number of hydrogen-bond acceptors (Lipinski definition) is 4. The highest BCUT2D eigenvalue weighted by Crippen LogP contribution is 2.19. The monoisotopic (exact) mass is 400 g/mol. The van der Waals surface area contributed by atoms with Crippen LogP contribution in [0.5, 0.6) is 0 Å². The molecule has 0 bridgehead atoms. The molecule has 23 heavy (non-hydrogen) atoms. The van der Waals surface area contributed by atoms with Crippen LogP contribution >= 0.6 is 11.6 Å². The second kappa shape index (κ2) is 12.2. The van der Waals surface area contributed by atoms with Gasteiger partial charge < -0.3 is 18.7 Å². The Morgan fingerprint density at radius 3 is 2.00 bits per heavy atom. The molecule has 0 spiro atoms. The van der Waals surface area contributed by atoms with E-state index >= 15 is 0 Å². The molecular weight excluding hydrogens is 364 g/mol. The van der Waals surface area contributed by atoms with Gasteiger partial charge in [0.15, 0.2) is 16.6 Å². The molecule has 8 heteroatoms. The summed E-state index contributed by atoms with van der Waals surface area (Å²) in [6, 6.07) is 3.38. The van der Waals surface area contributed by atoms with Gasteiger partial charge in [0.2, 0.25) is 0 Å². The molecule has 0 fully saturated rings. The fourth-order valence-electron chi connectivity index (χ4n) is 1.80. The lowest BCUT2D eigenvalue weighted by molar-refractivity contribution is 0.0464. The predicted octanol–water partition coefficient (Wildman–Crippen LogP) is 3.35. The summed E-state index contributed by atoms with van der Waals surface area (Å²) < 4.78 is 18.2. The topological polar surface area (TPSA) is 47.9 Å². The molecule has 140 valence electrons. The summed E-state index contributed by atoms with van der Waals surface area (Å²) in [4.78, 5) is 0. The number of aliphatic hydroxyl groups is 1. The third-order valence-electron chi connectivity index (χ3n) is 4.07. The Morgan fingerprint density at radius 2 is 1.57 bits per heavy atom. The first-order chi connectivity index (χ1) is 10.7. The minimum absolute atomic E-state index is 0.0617. The van der Waals surface area contributed by atoms with Gasteiger partial charge in [0.05, 0.1) is 28.1 Å². The lowest BCUT2D eigenvalue weighted by Gasteiger charge is -2.34. The molecule has 1 N–H and O–H groups in total. The van der Waals surface area contributed by atoms with Gasteiger partial charge in [-0.05, 0) is 44.7 Å². The Hall–Kier alpha value is 0.781. The Morgan fingerprint density at radius 1 is 1.04 bits per heavy atom. The first kappa shape index (κ1) is 23.8. The molecule has 0 rings (SSSR count). The Kier molecular flexibility index (Phi) is 12.6. The molecule has 1 unspecified atom stereocenters. The maximum atomic E-state index is 9.33. The van der Waals surface area contributed by atoms with Crippen LogP contribution in [0.15, 0.2) is 0 Å². The van der Waals surface area contributed by atoms with Crippen LogP contribution in [0.3, 0.4) is 0 Å². The summed E-state index contributed by atoms with van der Waals surface area (Å²) in [5.41, 5.74) is 0. The molecule has 0 aromatic carbocycles. The van der Waals surface area contributed by atoms with E-state index in [1.54, 1.807) is 0 Å². The lowest BCUT2D eigenvalue weighted by atomic mass is 10.4. The standard InChI is InChI=1S/C15H37ClO4Si3/c1-7-22(3,4)19-15(20-23(5,6)8-2)21-11-9-10-18-13-14(17)12-16/h14-15,17H,7-13,21H2,1-6H3. The average Bonchev–Trinajstić information content (AvgIpc) is 2.49. The molecule has 0 amide bonds. The molecular formula is C15H37ClO4Si3. The zero-order valence-electron chi connectivity index (χ0n) is 15.9. The molecule has 0 heterocycles. The van der Waals surface area contributed by atoms with Crippen molar-refractivity contribution < 1.29 is 18.7 Å². The number of halogens is 1. The van der Waals surface area contributed by atoms with Crippen molar-refractivity contribution in [2.24, 2.45) is 0 Å². The van der Waals surface area contributed by atoms with Gasteiger partial charge in [-0.15, -0.1) is 11.6 Å². The maximum Gasteiger partial charge on any atom is 0.189 e. The summed E-state index contributed by atoms with van der Waals surface area (Å²) in [5, 5.41) is 9.33. The minimum atomic E-state index is -1.60. The zero-order valence-corrected chi connectivity index (χ0v) is 20.0. The molecule has 0 saturated heterocycles. The highest BCUT2D eigenvalue weighted by molar-refractivity contribution is 6.73. The number of aliphatic hydroxyl groups excluding tert-OH is 1. The first-order valence-corrected chi connectivity index (χ1v) is 17.4. The van der Waals surface area contributed by atoms with E-state index in [4.69, 9.17) is 25.2 Å². The molecule has 0 aliphatic heterocycles. The second-order valence-corrected chi connectivity index (χ2v) is 18.5. The third kappa shape index (κ3) is 12.7. The van der Waals surface area contributed by atoms with Crippen LogP contribution in [0.25, 0.3) is 0 Å². The van der Waals surface area contributed by atoms with Gasteiger partial charge in [-0.25, -0.2) is 0 Å². The van der Waals surface area contributed by atoms with Gasteiger partial charge in [-0.1, -0.05) is 19.9 Å². The van der Waals surface area contributed by atoms with E-state index in [1.807, 2.05) is 0 Å². The smallest absolute Gasteiger partial charge is 0.189 e. The molecule has 4 nitrogen and oxygen atoms in total. The van der Waals surface area contributed by atoms with Crippen molar-refractivity contribution >= 4 is 37.8 Å². The van der Waals surface area contributed by atoms with Gasteiger partial charge in [0.25, 0.3) is 0 Å². The predicted molar refractivity (Wildman–Crippen MR) is 107 cm³/mol. The van der Waals surface area contributed by atoms with E-state index < -0.39 is 32.3 Å². The maximum absolute atomic E-state index is 9.33. The summed E-state index contributed by atoms with van der Waals surface area (Å²) in [6.07, 6.45) is 0.452. The number of ether oxygens (including phenoxy) is 1. The van der Waals surface area contributed by atoms with Crippen molar-refractivity contribution in [1.82, 2.24) is 0 Å². The summed E-state index contributed by atoms with van der Waals surface area (Å²) >= 11 is 5.54. The molecule has 0 aliphatic rings. The van der Waals surface area contributed by atoms with Crippen molar-refractivity contribution in [1.29, 1.82) is 0 Å². The SMILES string of the molecule is CC[Si](C)(C)OC(O[Si](C)(C)CC)[SiH2]CCCOCC(O)CCl. The lowest BCUT2D eigenvalue weighted by Crippen LogP contribution is -2.45. The Balaban J connectivity index is 4.21. The Bertz CT molecular complexity index is 288. The van der Waals surface area contributed by atoms with Crippen molar-refractivity contribution in [3.63, 3.8) is 0 Å². The first-order valence-electron chi connectivity index (χ1n) is 8.83. The van der Waals surface area contributed by atoms with E-state index in [9.17, 15) is 5.11 Å². The van der Waals surface area contributed by atoms with Crippen LogP contribution < -0.4 is 0 Å². The summed E-state index contributed by atoms with van der Waals surface area (Å²) in [5.74, 6) is 0.290. The van der Waals surface area contributed by atoms with E-state index in [0.29, 0.717) is 13.2 Å². The van der Waals surface area contributed by atoms with Crippen molar-refractivity contribution in [3.8, 4) is 0 Å². The summed E-state index contributed by atoms with van der Waals surface area (Å²) in [6.45, 7) is 14.5. The normalized spacial score (nSPS) is 15.0. The minimum Gasteiger partial charge on any atom is -0.397 e. The third-order valence-corrected chi connectivity index (χ3v) is 12.0. The van der Waals surface area contributed by atoms with E-state index in [1.165, 1.54) is 0 Å². The zero-order chi connectivity index (χ0) is 17.9. The fraction of sp³-hybridized carbons (Fsp3) is 1.00. The van der Waals surface area contributed by atoms with Gasteiger partial charge in [0.1, 0.15) is 5.91 Å². The van der Waals surface area contributed by atoms with Crippen molar-refractivity contribution in [3.05, 3.63) is 0 Å². The van der Waals surface area contributed by atoms with Crippen LogP contribution in [-0.4, -0.2) is 62.4 Å². The van der Waals surface area contributed by atoms with Crippen LogP contribution in [0.1, 0.15) is 20.3 Å². The summed E-state index contributed by atoms with van der Waals surface area (Å²) in [7, 11) is -3.64. The quantitative estimate of drug-likeness (QED) is 0.210. The van der Waals surface area contributed by atoms with Gasteiger partial charge >= 0.3 is 0 Å². The molecule has 0 aromatic heterocycles. The molecule has 0 aliphatic carbocycles. The van der Waals surface area contributed by atoms with Gasteiger partial charge in [-0.3, -0.25) is 0 Å². The molecule has 0 aromatic rings. The van der Waals surface area contributed by atoms with Gasteiger partial charge in [-0.2, -0.15) is 0 Å². The molecule has 0 saturated carbocycles. The van der Waals surface area contributed by atoms with E-state index in [2.05, 4.69) is 40.0 Å². The van der Waals surface area contributed by atoms with Crippen LogP contribution in [0.4, 0.5) is 0 Å². The number of hydrogen-bond donors (Lipinski definition) is 1. The Labute approximate surface area is 152 Å². The number of rotatable bonds is 14. The second-order valence-electron chi connectivity index (χ2n) is 7.27. The van der Waals surface area contributed by atoms with E-state index in [-0.39, 0.29) is 11.8 Å².